The molecule has 1 aromatic carbocycles. The number of fused-ring (bicyclic) bond motifs is 1. The molecule has 1 unspecified atom stereocenters. The zero-order chi connectivity index (χ0) is 14.7. The van der Waals surface area contributed by atoms with Crippen LogP contribution in [0.2, 0.25) is 0 Å². The molecule has 0 aliphatic rings. The van der Waals surface area contributed by atoms with E-state index in [9.17, 15) is 0 Å². The third kappa shape index (κ3) is 3.24. The van der Waals surface area contributed by atoms with Crippen molar-refractivity contribution in [1.29, 1.82) is 0 Å². The van der Waals surface area contributed by atoms with E-state index in [1.807, 2.05) is 6.20 Å². The molecule has 2 aromatic heterocycles. The number of hydrogen-bond acceptors (Lipinski definition) is 3. The van der Waals surface area contributed by atoms with Crippen molar-refractivity contribution in [3.63, 3.8) is 0 Å². The molecule has 21 heavy (non-hydrogen) atoms. The highest BCUT2D eigenvalue weighted by molar-refractivity contribution is 7.17. The van der Waals surface area contributed by atoms with Crippen molar-refractivity contribution in [1.82, 2.24) is 4.98 Å². The minimum atomic E-state index is 0.251. The zero-order valence-corrected chi connectivity index (χ0v) is 13.3. The van der Waals surface area contributed by atoms with Gasteiger partial charge in [0.25, 0.3) is 0 Å². The van der Waals surface area contributed by atoms with Crippen LogP contribution in [-0.4, -0.2) is 4.98 Å². The summed E-state index contributed by atoms with van der Waals surface area (Å²) in [5, 5.41) is 5.64. The van der Waals surface area contributed by atoms with E-state index in [0.29, 0.717) is 0 Å². The number of anilines is 1. The molecule has 0 radical (unpaired) electrons. The largest absolute Gasteiger partial charge is 0.378 e. The van der Waals surface area contributed by atoms with Gasteiger partial charge in [-0.3, -0.25) is 4.98 Å². The lowest BCUT2D eigenvalue weighted by atomic mass is 10.1. The molecular formula is C18H20N2S. The Morgan fingerprint density at radius 1 is 1.19 bits per heavy atom. The molecule has 0 aliphatic heterocycles. The Hall–Kier alpha value is -1.87. The van der Waals surface area contributed by atoms with Crippen molar-refractivity contribution in [2.45, 2.75) is 32.7 Å². The van der Waals surface area contributed by atoms with E-state index in [-0.39, 0.29) is 6.04 Å². The molecule has 0 saturated carbocycles. The van der Waals surface area contributed by atoms with E-state index in [1.165, 1.54) is 22.2 Å². The van der Waals surface area contributed by atoms with Crippen LogP contribution >= 0.6 is 11.3 Å². The van der Waals surface area contributed by atoms with Gasteiger partial charge in [-0.2, -0.15) is 0 Å². The second-order valence-electron chi connectivity index (χ2n) is 5.39. The van der Waals surface area contributed by atoms with Crippen LogP contribution < -0.4 is 5.32 Å². The Bertz CT molecular complexity index is 715. The Balaban J connectivity index is 1.73. The fourth-order valence-corrected chi connectivity index (χ4v) is 3.28. The molecule has 0 amide bonds. The quantitative estimate of drug-likeness (QED) is 0.680. The number of aryl methyl sites for hydroxylation is 1. The zero-order valence-electron chi connectivity index (χ0n) is 12.5. The van der Waals surface area contributed by atoms with Gasteiger partial charge < -0.3 is 5.32 Å². The molecule has 0 fully saturated rings. The Kier molecular flexibility index (Phi) is 4.20. The average Bonchev–Trinajstić information content (AvgIpc) is 2.97. The van der Waals surface area contributed by atoms with E-state index >= 15 is 0 Å². The molecule has 0 bridgehead atoms. The first-order valence-corrected chi connectivity index (χ1v) is 8.33. The van der Waals surface area contributed by atoms with Gasteiger partial charge in [-0.25, -0.2) is 0 Å². The summed E-state index contributed by atoms with van der Waals surface area (Å²) in [7, 11) is 0. The van der Waals surface area contributed by atoms with Crippen LogP contribution in [0.4, 0.5) is 5.69 Å². The normalized spacial score (nSPS) is 12.5. The van der Waals surface area contributed by atoms with Gasteiger partial charge in [0.2, 0.25) is 0 Å². The lowest BCUT2D eigenvalue weighted by molar-refractivity contribution is 0.878. The van der Waals surface area contributed by atoms with Gasteiger partial charge in [-0.15, -0.1) is 11.3 Å². The third-order valence-corrected chi connectivity index (χ3v) is 4.55. The lowest BCUT2D eigenvalue weighted by Crippen LogP contribution is -2.06. The standard InChI is InChI=1S/C18H20N2S/c1-3-4-14-5-7-16(8-6-14)20-13(2)15-11-18-17(19-12-15)9-10-21-18/h5-13,20H,3-4H2,1-2H3. The van der Waals surface area contributed by atoms with Gasteiger partial charge in [0.15, 0.2) is 0 Å². The minimum Gasteiger partial charge on any atom is -0.378 e. The van der Waals surface area contributed by atoms with E-state index in [2.05, 4.69) is 65.9 Å². The smallest absolute Gasteiger partial charge is 0.0809 e. The molecule has 0 saturated heterocycles. The molecule has 1 atom stereocenters. The third-order valence-electron chi connectivity index (χ3n) is 3.70. The first kappa shape index (κ1) is 14.1. The highest BCUT2D eigenvalue weighted by Crippen LogP contribution is 2.25. The fraction of sp³-hybridized carbons (Fsp3) is 0.278. The number of nitrogens with one attached hydrogen (secondary N) is 1. The summed E-state index contributed by atoms with van der Waals surface area (Å²) in [6, 6.07) is 13.3. The maximum absolute atomic E-state index is 4.51. The number of thiophene rings is 1. The molecule has 2 nitrogen and oxygen atoms in total. The van der Waals surface area contributed by atoms with Crippen molar-refractivity contribution in [3.8, 4) is 0 Å². The second-order valence-corrected chi connectivity index (χ2v) is 6.33. The number of nitrogens with zero attached hydrogens (tertiary/aromatic N) is 1. The SMILES string of the molecule is CCCc1ccc(NC(C)c2cnc3ccsc3c2)cc1. The predicted molar refractivity (Wildman–Crippen MR) is 92.1 cm³/mol. The summed E-state index contributed by atoms with van der Waals surface area (Å²) < 4.78 is 1.25. The summed E-state index contributed by atoms with van der Waals surface area (Å²) in [5.41, 5.74) is 4.87. The Morgan fingerprint density at radius 3 is 2.76 bits per heavy atom. The van der Waals surface area contributed by atoms with Crippen LogP contribution in [0.1, 0.15) is 37.4 Å². The van der Waals surface area contributed by atoms with Gasteiger partial charge >= 0.3 is 0 Å². The first-order valence-electron chi connectivity index (χ1n) is 7.45. The summed E-state index contributed by atoms with van der Waals surface area (Å²) >= 11 is 1.74. The van der Waals surface area contributed by atoms with Gasteiger partial charge in [0.1, 0.15) is 0 Å². The van der Waals surface area contributed by atoms with Crippen LogP contribution in [0.3, 0.4) is 0 Å². The maximum atomic E-state index is 4.51. The highest BCUT2D eigenvalue weighted by Gasteiger charge is 2.07. The highest BCUT2D eigenvalue weighted by atomic mass is 32.1. The van der Waals surface area contributed by atoms with Crippen molar-refractivity contribution < 1.29 is 0 Å². The van der Waals surface area contributed by atoms with Crippen molar-refractivity contribution >= 4 is 27.2 Å². The summed E-state index contributed by atoms with van der Waals surface area (Å²) in [6.07, 6.45) is 4.31. The van der Waals surface area contributed by atoms with Gasteiger partial charge in [-0.1, -0.05) is 25.5 Å². The molecule has 3 heteroatoms. The molecule has 2 heterocycles. The van der Waals surface area contributed by atoms with E-state index in [4.69, 9.17) is 0 Å². The van der Waals surface area contributed by atoms with E-state index < -0.39 is 0 Å². The molecule has 0 aliphatic carbocycles. The monoisotopic (exact) mass is 296 g/mol. The van der Waals surface area contributed by atoms with Gasteiger partial charge in [0, 0.05) is 11.9 Å². The number of rotatable bonds is 5. The summed E-state index contributed by atoms with van der Waals surface area (Å²) in [4.78, 5) is 4.51. The van der Waals surface area contributed by atoms with Crippen LogP contribution in [0.25, 0.3) is 10.2 Å². The number of pyridine rings is 1. The molecular weight excluding hydrogens is 276 g/mol. The van der Waals surface area contributed by atoms with E-state index in [1.54, 1.807) is 11.3 Å². The van der Waals surface area contributed by atoms with E-state index in [0.717, 1.165) is 17.6 Å². The molecule has 3 rings (SSSR count). The van der Waals surface area contributed by atoms with Crippen molar-refractivity contribution in [3.05, 3.63) is 59.1 Å². The number of benzene rings is 1. The lowest BCUT2D eigenvalue weighted by Gasteiger charge is -2.16. The van der Waals surface area contributed by atoms with Crippen molar-refractivity contribution in [2.75, 3.05) is 5.32 Å². The van der Waals surface area contributed by atoms with Crippen LogP contribution in [-0.2, 0) is 6.42 Å². The van der Waals surface area contributed by atoms with Crippen LogP contribution in [0.15, 0.2) is 48.0 Å². The first-order chi connectivity index (χ1) is 10.3. The van der Waals surface area contributed by atoms with Crippen molar-refractivity contribution in [2.24, 2.45) is 0 Å². The van der Waals surface area contributed by atoms with Gasteiger partial charge in [-0.05, 0) is 54.1 Å². The summed E-state index contributed by atoms with van der Waals surface area (Å²) in [6.45, 7) is 4.39. The van der Waals surface area contributed by atoms with Gasteiger partial charge in [0.05, 0.1) is 16.3 Å². The average molecular weight is 296 g/mol. The Labute approximate surface area is 129 Å². The number of aromatic nitrogens is 1. The number of hydrogen-bond donors (Lipinski definition) is 1. The molecule has 0 spiro atoms. The topological polar surface area (TPSA) is 24.9 Å². The maximum Gasteiger partial charge on any atom is 0.0809 e. The summed E-state index contributed by atoms with van der Waals surface area (Å²) in [5.74, 6) is 0. The fourth-order valence-electron chi connectivity index (χ4n) is 2.49. The van der Waals surface area contributed by atoms with Crippen LogP contribution in [0.5, 0.6) is 0 Å². The molecule has 108 valence electrons. The molecule has 1 N–H and O–H groups in total. The van der Waals surface area contributed by atoms with Crippen LogP contribution in [0, 0.1) is 0 Å². The Morgan fingerprint density at radius 2 is 2.00 bits per heavy atom. The minimum absolute atomic E-state index is 0.251. The molecule has 3 aromatic rings. The predicted octanol–water partition coefficient (Wildman–Crippen LogP) is 5.42. The second kappa shape index (κ2) is 6.27.